The minimum atomic E-state index is -0.917. The molecule has 1 aromatic heterocycles. The van der Waals surface area contributed by atoms with Gasteiger partial charge in [0.05, 0.1) is 28.2 Å². The van der Waals surface area contributed by atoms with Crippen molar-refractivity contribution in [1.82, 2.24) is 9.78 Å². The number of ketones is 1. The van der Waals surface area contributed by atoms with Gasteiger partial charge in [0, 0.05) is 12.5 Å². The number of halogens is 2. The highest BCUT2D eigenvalue weighted by Gasteiger charge is 2.39. The van der Waals surface area contributed by atoms with Crippen LogP contribution in [-0.2, 0) is 12.8 Å². The molecule has 1 aromatic carbocycles. The number of aromatic nitrogens is 2. The van der Waals surface area contributed by atoms with Crippen LogP contribution in [-0.4, -0.2) is 27.5 Å². The fourth-order valence-corrected chi connectivity index (χ4v) is 5.54. The first-order chi connectivity index (χ1) is 16.1. The summed E-state index contributed by atoms with van der Waals surface area (Å²) in [4.78, 5) is 25.2. The maximum Gasteiger partial charge on any atom is 0.251 e. The molecule has 0 bridgehead atoms. The molecule has 2 fully saturated rings. The van der Waals surface area contributed by atoms with Gasteiger partial charge in [0.15, 0.2) is 17.4 Å². The zero-order chi connectivity index (χ0) is 24.2. The number of amides is 1. The van der Waals surface area contributed by atoms with Gasteiger partial charge in [0.1, 0.15) is 5.69 Å². The smallest absolute Gasteiger partial charge is 0.251 e. The van der Waals surface area contributed by atoms with E-state index in [-0.39, 0.29) is 34.2 Å². The number of hydrogen-bond donors (Lipinski definition) is 2. The number of benzene rings is 1. The number of carbonyl (C=O) groups is 2. The van der Waals surface area contributed by atoms with Crippen LogP contribution < -0.4 is 11.1 Å². The van der Waals surface area contributed by atoms with Crippen LogP contribution in [0.15, 0.2) is 6.07 Å². The number of nitrogens with two attached hydrogens (primary N) is 1. The van der Waals surface area contributed by atoms with Crippen molar-refractivity contribution in [2.75, 3.05) is 5.32 Å². The number of anilines is 1. The molecule has 34 heavy (non-hydrogen) atoms. The molecule has 8 heteroatoms. The Morgan fingerprint density at radius 3 is 2.53 bits per heavy atom. The van der Waals surface area contributed by atoms with Crippen LogP contribution in [0.5, 0.6) is 0 Å². The normalized spacial score (nSPS) is 20.3. The second-order valence-electron chi connectivity index (χ2n) is 11.1. The number of rotatable bonds is 6. The van der Waals surface area contributed by atoms with E-state index < -0.39 is 17.5 Å². The number of fused-ring (bicyclic) bond motifs is 1. The van der Waals surface area contributed by atoms with E-state index in [2.05, 4.69) is 10.4 Å². The summed E-state index contributed by atoms with van der Waals surface area (Å²) in [6.07, 6.45) is 8.46. The molecule has 5 rings (SSSR count). The molecule has 182 valence electrons. The molecule has 0 aliphatic heterocycles. The van der Waals surface area contributed by atoms with Crippen molar-refractivity contribution < 1.29 is 18.4 Å². The highest BCUT2D eigenvalue weighted by Crippen LogP contribution is 2.41. The van der Waals surface area contributed by atoms with E-state index in [1.165, 1.54) is 4.68 Å². The summed E-state index contributed by atoms with van der Waals surface area (Å²) in [6.45, 7) is 3.95. The number of primary amides is 1. The highest BCUT2D eigenvalue weighted by atomic mass is 19.1. The van der Waals surface area contributed by atoms with E-state index in [0.717, 1.165) is 51.0 Å². The van der Waals surface area contributed by atoms with E-state index in [1.54, 1.807) is 0 Å². The van der Waals surface area contributed by atoms with Crippen LogP contribution in [0.3, 0.4) is 0 Å². The van der Waals surface area contributed by atoms with Gasteiger partial charge in [-0.15, -0.1) is 0 Å². The predicted molar refractivity (Wildman–Crippen MR) is 125 cm³/mol. The first-order valence-corrected chi connectivity index (χ1v) is 12.4. The van der Waals surface area contributed by atoms with Crippen LogP contribution in [0.4, 0.5) is 14.5 Å². The monoisotopic (exact) mass is 470 g/mol. The third-order valence-corrected chi connectivity index (χ3v) is 7.42. The standard InChI is InChI=1S/C26H32F2N4O2/c1-26(2)12-19-21(20(33)13-26)18(10-14-8-9-14)31-32(19)24-17(27)11-16(25(29)34)23(22(24)28)30-15-6-4-3-5-7-15/h11,14-15,30H,3-10,12-13H2,1-2H3,(H2,29,34). The Balaban J connectivity index is 1.67. The fraction of sp³-hybridized carbons (Fsp3) is 0.577. The van der Waals surface area contributed by atoms with Gasteiger partial charge in [-0.05, 0) is 55.9 Å². The fourth-order valence-electron chi connectivity index (χ4n) is 5.54. The number of hydrogen-bond acceptors (Lipinski definition) is 4. The summed E-state index contributed by atoms with van der Waals surface area (Å²) in [5.74, 6) is -2.26. The number of nitrogens with one attached hydrogen (secondary N) is 1. The molecular formula is C26H32F2N4O2. The molecule has 3 aliphatic carbocycles. The third-order valence-electron chi connectivity index (χ3n) is 7.42. The quantitative estimate of drug-likeness (QED) is 0.615. The minimum absolute atomic E-state index is 0.0165. The van der Waals surface area contributed by atoms with Crippen molar-refractivity contribution in [3.8, 4) is 5.69 Å². The van der Waals surface area contributed by atoms with Gasteiger partial charge in [-0.1, -0.05) is 33.1 Å². The van der Waals surface area contributed by atoms with Crippen LogP contribution in [0.2, 0.25) is 0 Å². The Bertz CT molecular complexity index is 1160. The zero-order valence-electron chi connectivity index (χ0n) is 19.8. The van der Waals surface area contributed by atoms with Gasteiger partial charge in [-0.25, -0.2) is 13.5 Å². The Morgan fingerprint density at radius 2 is 1.88 bits per heavy atom. The lowest BCUT2D eigenvalue weighted by atomic mass is 9.75. The molecule has 3 N–H and O–H groups in total. The summed E-state index contributed by atoms with van der Waals surface area (Å²) in [5, 5.41) is 7.75. The van der Waals surface area contributed by atoms with Crippen LogP contribution in [0, 0.1) is 23.0 Å². The van der Waals surface area contributed by atoms with Gasteiger partial charge in [0.25, 0.3) is 5.91 Å². The molecule has 0 saturated heterocycles. The second-order valence-corrected chi connectivity index (χ2v) is 11.1. The van der Waals surface area contributed by atoms with Gasteiger partial charge in [-0.2, -0.15) is 5.10 Å². The molecule has 2 aromatic rings. The SMILES string of the molecule is CC1(C)CC(=O)c2c(CC3CC3)nn(-c3c(F)cc(C(N)=O)c(NC4CCCCC4)c3F)c2C1. The molecule has 3 aliphatic rings. The summed E-state index contributed by atoms with van der Waals surface area (Å²) >= 11 is 0. The van der Waals surface area contributed by atoms with Gasteiger partial charge < -0.3 is 11.1 Å². The van der Waals surface area contributed by atoms with E-state index in [4.69, 9.17) is 5.73 Å². The lowest BCUT2D eigenvalue weighted by Gasteiger charge is -2.29. The molecule has 1 heterocycles. The van der Waals surface area contributed by atoms with Crippen molar-refractivity contribution in [1.29, 1.82) is 0 Å². The summed E-state index contributed by atoms with van der Waals surface area (Å²) in [6, 6.07) is 0.980. The summed E-state index contributed by atoms with van der Waals surface area (Å²) < 4.78 is 32.8. The van der Waals surface area contributed by atoms with Crippen molar-refractivity contribution in [2.24, 2.45) is 17.1 Å². The molecule has 0 radical (unpaired) electrons. The van der Waals surface area contributed by atoms with Gasteiger partial charge >= 0.3 is 0 Å². The van der Waals surface area contributed by atoms with E-state index in [9.17, 15) is 9.59 Å². The molecule has 0 atom stereocenters. The third kappa shape index (κ3) is 4.23. The summed E-state index contributed by atoms with van der Waals surface area (Å²) in [5.41, 5.74) is 6.20. The van der Waals surface area contributed by atoms with E-state index in [0.29, 0.717) is 42.1 Å². The molecular weight excluding hydrogens is 438 g/mol. The Kier molecular flexibility index (Phi) is 5.73. The van der Waals surface area contributed by atoms with Gasteiger partial charge in [0.2, 0.25) is 0 Å². The molecule has 0 unspecified atom stereocenters. The van der Waals surface area contributed by atoms with Crippen LogP contribution in [0.1, 0.15) is 97.3 Å². The van der Waals surface area contributed by atoms with Crippen LogP contribution in [0.25, 0.3) is 5.69 Å². The van der Waals surface area contributed by atoms with Crippen LogP contribution >= 0.6 is 0 Å². The molecule has 0 spiro atoms. The first kappa shape index (κ1) is 23.0. The molecule has 2 saturated carbocycles. The van der Waals surface area contributed by atoms with Crippen molar-refractivity contribution in [3.05, 3.63) is 40.2 Å². The van der Waals surface area contributed by atoms with E-state index in [1.807, 2.05) is 13.8 Å². The molecule has 1 amide bonds. The largest absolute Gasteiger partial charge is 0.379 e. The zero-order valence-corrected chi connectivity index (χ0v) is 19.8. The van der Waals surface area contributed by atoms with Crippen molar-refractivity contribution in [2.45, 2.75) is 84.1 Å². The summed E-state index contributed by atoms with van der Waals surface area (Å²) in [7, 11) is 0. The lowest BCUT2D eigenvalue weighted by molar-refractivity contribution is 0.0909. The average Bonchev–Trinajstić information content (AvgIpc) is 3.51. The maximum atomic E-state index is 16.1. The van der Waals surface area contributed by atoms with Gasteiger partial charge in [-0.3, -0.25) is 9.59 Å². The average molecular weight is 471 g/mol. The number of nitrogens with zero attached hydrogens (tertiary/aromatic N) is 2. The predicted octanol–water partition coefficient (Wildman–Crippen LogP) is 5.10. The first-order valence-electron chi connectivity index (χ1n) is 12.4. The van der Waals surface area contributed by atoms with Crippen molar-refractivity contribution in [3.63, 3.8) is 0 Å². The van der Waals surface area contributed by atoms with Crippen molar-refractivity contribution >= 4 is 17.4 Å². The second kappa shape index (κ2) is 8.47. The Labute approximate surface area is 198 Å². The minimum Gasteiger partial charge on any atom is -0.379 e. The lowest BCUT2D eigenvalue weighted by Crippen LogP contribution is -2.29. The number of Topliss-reactive ketones (excluding diaryl/α,β-unsaturated/α-hetero) is 1. The highest BCUT2D eigenvalue weighted by molar-refractivity contribution is 6.00. The maximum absolute atomic E-state index is 16.1. The Hall–Kier alpha value is -2.77. The molecule has 6 nitrogen and oxygen atoms in total. The Morgan fingerprint density at radius 1 is 1.18 bits per heavy atom. The van der Waals surface area contributed by atoms with E-state index >= 15 is 8.78 Å². The topological polar surface area (TPSA) is 90.0 Å². The number of carbonyl (C=O) groups excluding carboxylic acids is 2.